The molecule has 2 heterocycles. The zero-order valence-electron chi connectivity index (χ0n) is 11.0. The third kappa shape index (κ3) is 2.01. The summed E-state index contributed by atoms with van der Waals surface area (Å²) in [5.41, 5.74) is 7.08. The number of hydrogen-bond donors (Lipinski definition) is 1. The van der Waals surface area contributed by atoms with Gasteiger partial charge in [0, 0.05) is 30.7 Å². The number of aromatic nitrogens is 2. The van der Waals surface area contributed by atoms with Crippen LogP contribution < -0.4 is 10.6 Å². The van der Waals surface area contributed by atoms with E-state index < -0.39 is 0 Å². The Balaban J connectivity index is 2.01. The van der Waals surface area contributed by atoms with E-state index in [2.05, 4.69) is 34.7 Å². The first-order chi connectivity index (χ1) is 8.70. The highest BCUT2D eigenvalue weighted by atomic mass is 32.1. The van der Waals surface area contributed by atoms with E-state index in [4.69, 9.17) is 10.7 Å². The quantitative estimate of drug-likeness (QED) is 0.902. The first-order valence-electron chi connectivity index (χ1n) is 6.62. The molecular weight excluding hydrogens is 244 g/mol. The highest BCUT2D eigenvalue weighted by Gasteiger charge is 2.32. The summed E-state index contributed by atoms with van der Waals surface area (Å²) in [5.74, 6) is 1.76. The summed E-state index contributed by atoms with van der Waals surface area (Å²) in [7, 11) is 0. The molecule has 0 unspecified atom stereocenters. The molecular formula is C13H20N4S. The predicted molar refractivity (Wildman–Crippen MR) is 76.2 cm³/mol. The Bertz CT molecular complexity index is 538. The van der Waals surface area contributed by atoms with Crippen molar-refractivity contribution in [2.24, 2.45) is 11.7 Å². The number of imidazole rings is 1. The van der Waals surface area contributed by atoms with Gasteiger partial charge in [-0.3, -0.25) is 4.40 Å². The second kappa shape index (κ2) is 4.55. The van der Waals surface area contributed by atoms with E-state index in [9.17, 15) is 0 Å². The average Bonchev–Trinajstić information content (AvgIpc) is 2.96. The van der Waals surface area contributed by atoms with Crippen molar-refractivity contribution in [1.82, 2.24) is 9.38 Å². The van der Waals surface area contributed by atoms with Crippen LogP contribution in [0.3, 0.4) is 0 Å². The van der Waals surface area contributed by atoms with Crippen molar-refractivity contribution < 1.29 is 0 Å². The molecule has 0 aromatic carbocycles. The Kier molecular flexibility index (Phi) is 3.03. The van der Waals surface area contributed by atoms with Gasteiger partial charge >= 0.3 is 0 Å². The van der Waals surface area contributed by atoms with Crippen LogP contribution in [0.1, 0.15) is 32.4 Å². The molecule has 1 aliphatic rings. The molecule has 0 bridgehead atoms. The summed E-state index contributed by atoms with van der Waals surface area (Å²) >= 11 is 1.68. The van der Waals surface area contributed by atoms with Gasteiger partial charge in [0.15, 0.2) is 10.8 Å². The molecule has 1 fully saturated rings. The Hall–Kier alpha value is -1.07. The van der Waals surface area contributed by atoms with Gasteiger partial charge < -0.3 is 10.6 Å². The van der Waals surface area contributed by atoms with Crippen LogP contribution in [0.25, 0.3) is 4.96 Å². The van der Waals surface area contributed by atoms with Gasteiger partial charge in [-0.05, 0) is 18.8 Å². The highest BCUT2D eigenvalue weighted by molar-refractivity contribution is 7.15. The Morgan fingerprint density at radius 2 is 2.33 bits per heavy atom. The summed E-state index contributed by atoms with van der Waals surface area (Å²) in [6, 6.07) is 0.683. The minimum atomic E-state index is 0.550. The third-order valence-electron chi connectivity index (χ3n) is 3.35. The molecule has 1 aliphatic carbocycles. The average molecular weight is 264 g/mol. The van der Waals surface area contributed by atoms with Crippen LogP contribution in [0.15, 0.2) is 11.6 Å². The first kappa shape index (κ1) is 12.0. The summed E-state index contributed by atoms with van der Waals surface area (Å²) < 4.78 is 2.13. The lowest BCUT2D eigenvalue weighted by molar-refractivity contribution is 0.601. The lowest BCUT2D eigenvalue weighted by Crippen LogP contribution is -2.31. The van der Waals surface area contributed by atoms with Crippen molar-refractivity contribution >= 4 is 22.1 Å². The molecule has 0 aliphatic heterocycles. The smallest absolute Gasteiger partial charge is 0.195 e. The molecule has 0 saturated heterocycles. The lowest BCUT2D eigenvalue weighted by atomic mass is 10.2. The summed E-state index contributed by atoms with van der Waals surface area (Å²) in [4.78, 5) is 8.31. The molecule has 18 heavy (non-hydrogen) atoms. The van der Waals surface area contributed by atoms with Gasteiger partial charge in [-0.2, -0.15) is 0 Å². The molecule has 2 N–H and O–H groups in total. The van der Waals surface area contributed by atoms with E-state index >= 15 is 0 Å². The van der Waals surface area contributed by atoms with Crippen LogP contribution in [-0.4, -0.2) is 22.0 Å². The molecule has 0 amide bonds. The van der Waals surface area contributed by atoms with E-state index in [1.54, 1.807) is 11.3 Å². The largest absolute Gasteiger partial charge is 0.352 e. The summed E-state index contributed by atoms with van der Waals surface area (Å²) in [5, 5.41) is 2.06. The van der Waals surface area contributed by atoms with Crippen LogP contribution in [0, 0.1) is 5.92 Å². The summed E-state index contributed by atoms with van der Waals surface area (Å²) in [6.45, 7) is 6.14. The maximum absolute atomic E-state index is 5.93. The van der Waals surface area contributed by atoms with Gasteiger partial charge in [-0.15, -0.1) is 11.3 Å². The first-order valence-corrected chi connectivity index (χ1v) is 7.49. The van der Waals surface area contributed by atoms with Gasteiger partial charge in [0.1, 0.15) is 0 Å². The van der Waals surface area contributed by atoms with Crippen molar-refractivity contribution in [2.75, 3.05) is 11.4 Å². The van der Waals surface area contributed by atoms with Crippen molar-refractivity contribution in [3.8, 4) is 0 Å². The fourth-order valence-corrected chi connectivity index (χ4v) is 3.16. The van der Waals surface area contributed by atoms with Gasteiger partial charge in [-0.1, -0.05) is 13.8 Å². The van der Waals surface area contributed by atoms with Crippen molar-refractivity contribution in [2.45, 2.75) is 39.3 Å². The lowest BCUT2D eigenvalue weighted by Gasteiger charge is -2.25. The maximum atomic E-state index is 5.93. The summed E-state index contributed by atoms with van der Waals surface area (Å²) in [6.07, 6.45) is 4.66. The molecule has 1 saturated carbocycles. The van der Waals surface area contributed by atoms with E-state index in [0.29, 0.717) is 18.5 Å². The topological polar surface area (TPSA) is 46.6 Å². The van der Waals surface area contributed by atoms with Gasteiger partial charge in [0.2, 0.25) is 0 Å². The molecule has 2 aromatic heterocycles. The molecule has 3 rings (SSSR count). The molecule has 98 valence electrons. The third-order valence-corrected chi connectivity index (χ3v) is 4.11. The predicted octanol–water partition coefficient (Wildman–Crippen LogP) is 2.48. The normalized spacial score (nSPS) is 15.8. The maximum Gasteiger partial charge on any atom is 0.195 e. The Labute approximate surface area is 111 Å². The molecule has 0 spiro atoms. The van der Waals surface area contributed by atoms with Crippen LogP contribution in [0.5, 0.6) is 0 Å². The Morgan fingerprint density at radius 3 is 2.94 bits per heavy atom. The van der Waals surface area contributed by atoms with Gasteiger partial charge in [0.25, 0.3) is 0 Å². The van der Waals surface area contributed by atoms with Crippen molar-refractivity contribution in [3.05, 3.63) is 17.3 Å². The molecule has 5 heteroatoms. The number of nitrogens with zero attached hydrogens (tertiary/aromatic N) is 3. The van der Waals surface area contributed by atoms with E-state index in [-0.39, 0.29) is 0 Å². The fourth-order valence-electron chi connectivity index (χ4n) is 2.43. The monoisotopic (exact) mass is 264 g/mol. The number of anilines is 1. The minimum Gasteiger partial charge on any atom is -0.352 e. The van der Waals surface area contributed by atoms with Crippen molar-refractivity contribution in [3.63, 3.8) is 0 Å². The Morgan fingerprint density at radius 1 is 1.56 bits per heavy atom. The van der Waals surface area contributed by atoms with E-state index in [1.165, 1.54) is 12.8 Å². The second-order valence-corrected chi connectivity index (χ2v) is 6.29. The standard InChI is InChI=1S/C13H20N4S/c1-9(2)8-17(10-3-4-10)12-11(7-14)16-5-6-18-13(16)15-12/h5-6,9-10H,3-4,7-8,14H2,1-2H3. The number of fused-ring (bicyclic) bond motifs is 1. The SMILES string of the molecule is CC(C)CN(c1nc2sccn2c1CN)C1CC1. The van der Waals surface area contributed by atoms with Gasteiger partial charge in [-0.25, -0.2) is 4.98 Å². The zero-order chi connectivity index (χ0) is 12.7. The molecule has 2 aromatic rings. The molecule has 0 atom stereocenters. The second-order valence-electron chi connectivity index (χ2n) is 5.42. The number of nitrogens with two attached hydrogens (primary N) is 1. The number of thiazole rings is 1. The number of hydrogen-bond acceptors (Lipinski definition) is 4. The van der Waals surface area contributed by atoms with E-state index in [1.807, 2.05) is 0 Å². The van der Waals surface area contributed by atoms with Crippen LogP contribution in [-0.2, 0) is 6.54 Å². The van der Waals surface area contributed by atoms with E-state index in [0.717, 1.165) is 23.0 Å². The zero-order valence-corrected chi connectivity index (χ0v) is 11.8. The molecule has 4 nitrogen and oxygen atoms in total. The highest BCUT2D eigenvalue weighted by Crippen LogP contribution is 2.34. The molecule has 0 radical (unpaired) electrons. The fraction of sp³-hybridized carbons (Fsp3) is 0.615. The minimum absolute atomic E-state index is 0.550. The van der Waals surface area contributed by atoms with Crippen LogP contribution in [0.2, 0.25) is 0 Å². The van der Waals surface area contributed by atoms with Crippen LogP contribution in [0.4, 0.5) is 5.82 Å². The van der Waals surface area contributed by atoms with Gasteiger partial charge in [0.05, 0.1) is 5.69 Å². The van der Waals surface area contributed by atoms with Crippen molar-refractivity contribution in [1.29, 1.82) is 0 Å². The number of rotatable bonds is 5. The van der Waals surface area contributed by atoms with Crippen LogP contribution >= 0.6 is 11.3 Å².